The summed E-state index contributed by atoms with van der Waals surface area (Å²) in [7, 11) is 1.57. The molecule has 0 spiro atoms. The number of hydrogen-bond donors (Lipinski definition) is 0. The van der Waals surface area contributed by atoms with Gasteiger partial charge in [0, 0.05) is 26.2 Å². The molecule has 25 heavy (non-hydrogen) atoms. The Morgan fingerprint density at radius 2 is 1.76 bits per heavy atom. The molecule has 0 N–H and O–H groups in total. The van der Waals surface area contributed by atoms with E-state index in [4.69, 9.17) is 21.1 Å². The van der Waals surface area contributed by atoms with Crippen LogP contribution in [0.1, 0.15) is 12.0 Å². The number of rotatable bonds is 6. The number of morpholine rings is 1. The fourth-order valence-electron chi connectivity index (χ4n) is 3.03. The summed E-state index contributed by atoms with van der Waals surface area (Å²) in [6.45, 7) is 4.43. The summed E-state index contributed by atoms with van der Waals surface area (Å²) in [5.41, 5.74) is 0.889. The van der Waals surface area contributed by atoms with Crippen LogP contribution in [0.25, 0.3) is 5.57 Å². The molecule has 1 fully saturated rings. The fraction of sp³-hybridized carbons (Fsp3) is 0.444. The summed E-state index contributed by atoms with van der Waals surface area (Å²) in [5, 5.41) is -0.0125. The molecule has 7 heteroatoms. The van der Waals surface area contributed by atoms with E-state index >= 15 is 0 Å². The average Bonchev–Trinajstić information content (AvgIpc) is 2.86. The maximum atomic E-state index is 12.7. The zero-order valence-electron chi connectivity index (χ0n) is 14.2. The number of amides is 2. The number of imide groups is 1. The number of halogens is 1. The van der Waals surface area contributed by atoms with E-state index in [1.54, 1.807) is 31.4 Å². The first-order chi connectivity index (χ1) is 12.1. The van der Waals surface area contributed by atoms with Crippen LogP contribution in [-0.4, -0.2) is 68.1 Å². The largest absolute Gasteiger partial charge is 0.497 e. The van der Waals surface area contributed by atoms with Crippen molar-refractivity contribution < 1.29 is 19.1 Å². The van der Waals surface area contributed by atoms with Crippen LogP contribution in [0.15, 0.2) is 29.3 Å². The molecule has 0 aromatic heterocycles. The smallest absolute Gasteiger partial charge is 0.273 e. The molecule has 1 saturated heterocycles. The Morgan fingerprint density at radius 3 is 2.40 bits per heavy atom. The number of hydrogen-bond acceptors (Lipinski definition) is 5. The molecule has 0 aliphatic carbocycles. The van der Waals surface area contributed by atoms with Gasteiger partial charge in [-0.3, -0.25) is 19.4 Å². The minimum absolute atomic E-state index is 0.0125. The van der Waals surface area contributed by atoms with Gasteiger partial charge in [-0.25, -0.2) is 0 Å². The van der Waals surface area contributed by atoms with Crippen molar-refractivity contribution in [2.45, 2.75) is 6.42 Å². The van der Waals surface area contributed by atoms with Crippen LogP contribution in [0.5, 0.6) is 5.75 Å². The summed E-state index contributed by atoms with van der Waals surface area (Å²) in [6, 6.07) is 6.95. The SMILES string of the molecule is COc1ccc(C2=C(Cl)C(=O)N(CCCN3CCOCC3)C2=O)cc1. The van der Waals surface area contributed by atoms with Gasteiger partial charge in [-0.1, -0.05) is 23.7 Å². The lowest BCUT2D eigenvalue weighted by molar-refractivity contribution is -0.136. The first kappa shape index (κ1) is 17.9. The Morgan fingerprint density at radius 1 is 1.08 bits per heavy atom. The highest BCUT2D eigenvalue weighted by Crippen LogP contribution is 2.32. The van der Waals surface area contributed by atoms with E-state index in [1.165, 1.54) is 4.90 Å². The van der Waals surface area contributed by atoms with Crippen LogP contribution < -0.4 is 4.74 Å². The number of nitrogens with zero attached hydrogens (tertiary/aromatic N) is 2. The second kappa shape index (κ2) is 7.99. The Bertz CT molecular complexity index is 681. The summed E-state index contributed by atoms with van der Waals surface area (Å²) in [4.78, 5) is 28.5. The van der Waals surface area contributed by atoms with Crippen molar-refractivity contribution >= 4 is 29.0 Å². The summed E-state index contributed by atoms with van der Waals surface area (Å²) >= 11 is 6.16. The summed E-state index contributed by atoms with van der Waals surface area (Å²) in [5.74, 6) is -0.0683. The topological polar surface area (TPSA) is 59.1 Å². The van der Waals surface area contributed by atoms with Crippen LogP contribution in [0.3, 0.4) is 0 Å². The summed E-state index contributed by atoms with van der Waals surface area (Å²) < 4.78 is 10.4. The van der Waals surface area contributed by atoms with Crippen molar-refractivity contribution in [3.05, 3.63) is 34.9 Å². The van der Waals surface area contributed by atoms with E-state index in [1.807, 2.05) is 0 Å². The number of methoxy groups -OCH3 is 1. The van der Waals surface area contributed by atoms with Gasteiger partial charge >= 0.3 is 0 Å². The highest BCUT2D eigenvalue weighted by molar-refractivity contribution is 6.55. The van der Waals surface area contributed by atoms with Gasteiger partial charge in [-0.2, -0.15) is 0 Å². The molecule has 2 heterocycles. The zero-order valence-corrected chi connectivity index (χ0v) is 14.9. The van der Waals surface area contributed by atoms with E-state index < -0.39 is 5.91 Å². The normalized spacial score (nSPS) is 19.0. The van der Waals surface area contributed by atoms with Gasteiger partial charge in [0.25, 0.3) is 11.8 Å². The van der Waals surface area contributed by atoms with Gasteiger partial charge in [-0.15, -0.1) is 0 Å². The molecule has 0 atom stereocenters. The third kappa shape index (κ3) is 3.86. The first-order valence-corrected chi connectivity index (χ1v) is 8.70. The minimum atomic E-state index is -0.417. The Hall–Kier alpha value is -1.89. The lowest BCUT2D eigenvalue weighted by atomic mass is 10.1. The highest BCUT2D eigenvalue weighted by Gasteiger charge is 2.37. The van der Waals surface area contributed by atoms with Gasteiger partial charge < -0.3 is 9.47 Å². The first-order valence-electron chi connectivity index (χ1n) is 8.32. The number of carbonyl (C=O) groups is 2. The van der Waals surface area contributed by atoms with Crippen molar-refractivity contribution in [3.63, 3.8) is 0 Å². The average molecular weight is 365 g/mol. The number of benzene rings is 1. The van der Waals surface area contributed by atoms with E-state index in [2.05, 4.69) is 4.90 Å². The molecule has 1 aromatic carbocycles. The fourth-order valence-corrected chi connectivity index (χ4v) is 3.33. The molecule has 0 unspecified atom stereocenters. The van der Waals surface area contributed by atoms with Crippen LogP contribution >= 0.6 is 11.6 Å². The van der Waals surface area contributed by atoms with Crippen molar-refractivity contribution in [3.8, 4) is 5.75 Å². The van der Waals surface area contributed by atoms with E-state index in [9.17, 15) is 9.59 Å². The van der Waals surface area contributed by atoms with Crippen LogP contribution in [0.4, 0.5) is 0 Å². The second-order valence-electron chi connectivity index (χ2n) is 5.99. The van der Waals surface area contributed by atoms with E-state index in [0.717, 1.165) is 39.3 Å². The molecule has 0 radical (unpaired) electrons. The van der Waals surface area contributed by atoms with Crippen LogP contribution in [0, 0.1) is 0 Å². The third-order valence-corrected chi connectivity index (χ3v) is 4.80. The molecule has 2 amide bonds. The minimum Gasteiger partial charge on any atom is -0.497 e. The lowest BCUT2D eigenvalue weighted by Gasteiger charge is -2.27. The number of carbonyl (C=O) groups excluding carboxylic acids is 2. The monoisotopic (exact) mass is 364 g/mol. The predicted molar refractivity (Wildman–Crippen MR) is 94.4 cm³/mol. The molecule has 3 rings (SSSR count). The molecule has 0 saturated carbocycles. The van der Waals surface area contributed by atoms with Gasteiger partial charge in [0.05, 0.1) is 25.9 Å². The molecule has 1 aromatic rings. The highest BCUT2D eigenvalue weighted by atomic mass is 35.5. The molecule has 2 aliphatic rings. The maximum absolute atomic E-state index is 12.7. The van der Waals surface area contributed by atoms with Crippen molar-refractivity contribution in [1.82, 2.24) is 9.80 Å². The standard InChI is InChI=1S/C18H21ClN2O4/c1-24-14-5-3-13(4-6-14)15-16(19)18(23)21(17(15)22)8-2-7-20-9-11-25-12-10-20/h3-6H,2,7-12H2,1H3. The van der Waals surface area contributed by atoms with Crippen molar-refractivity contribution in [1.29, 1.82) is 0 Å². The molecular weight excluding hydrogens is 344 g/mol. The molecule has 0 bridgehead atoms. The van der Waals surface area contributed by atoms with Crippen molar-refractivity contribution in [2.75, 3.05) is 46.5 Å². The van der Waals surface area contributed by atoms with E-state index in [0.29, 0.717) is 17.9 Å². The second-order valence-corrected chi connectivity index (χ2v) is 6.36. The molecule has 6 nitrogen and oxygen atoms in total. The van der Waals surface area contributed by atoms with E-state index in [-0.39, 0.29) is 16.5 Å². The Balaban J connectivity index is 1.63. The van der Waals surface area contributed by atoms with Crippen LogP contribution in [0.2, 0.25) is 0 Å². The maximum Gasteiger partial charge on any atom is 0.273 e. The van der Waals surface area contributed by atoms with Gasteiger partial charge in [-0.05, 0) is 24.1 Å². The zero-order chi connectivity index (χ0) is 17.8. The van der Waals surface area contributed by atoms with Crippen LogP contribution in [-0.2, 0) is 14.3 Å². The molecule has 134 valence electrons. The lowest BCUT2D eigenvalue weighted by Crippen LogP contribution is -2.39. The summed E-state index contributed by atoms with van der Waals surface area (Å²) in [6.07, 6.45) is 0.720. The van der Waals surface area contributed by atoms with Gasteiger partial charge in [0.1, 0.15) is 10.8 Å². The predicted octanol–water partition coefficient (Wildman–Crippen LogP) is 1.74. The number of ether oxygens (including phenoxy) is 2. The molecular formula is C18H21ClN2O4. The third-order valence-electron chi connectivity index (χ3n) is 4.45. The molecule has 2 aliphatic heterocycles. The van der Waals surface area contributed by atoms with Gasteiger partial charge in [0.15, 0.2) is 0 Å². The quantitative estimate of drug-likeness (QED) is 0.719. The Labute approximate surface area is 151 Å². The Kier molecular flexibility index (Phi) is 5.73. The van der Waals surface area contributed by atoms with Gasteiger partial charge in [0.2, 0.25) is 0 Å². The van der Waals surface area contributed by atoms with Crippen molar-refractivity contribution in [2.24, 2.45) is 0 Å².